The van der Waals surface area contributed by atoms with E-state index in [-0.39, 0.29) is 17.7 Å². The third kappa shape index (κ3) is 7.07. The number of benzene rings is 4. The van der Waals surface area contributed by atoms with Crippen molar-refractivity contribution in [3.63, 3.8) is 0 Å². The van der Waals surface area contributed by atoms with Gasteiger partial charge in [0, 0.05) is 0 Å². The number of nitrogens with zero attached hydrogens (tertiary/aromatic N) is 1. The van der Waals surface area contributed by atoms with Crippen LogP contribution in [0.3, 0.4) is 0 Å². The molecule has 4 aromatic rings. The molecule has 51 heavy (non-hydrogen) atoms. The van der Waals surface area contributed by atoms with Crippen LogP contribution in [0.25, 0.3) is 12.2 Å². The van der Waals surface area contributed by atoms with Crippen LogP contribution in [0.4, 0.5) is 0 Å². The number of allylic oxidation sites excluding steroid dienone is 8. The Hall–Kier alpha value is -4.43. The van der Waals surface area contributed by atoms with Crippen LogP contribution in [-0.4, -0.2) is 23.3 Å². The molecule has 0 saturated heterocycles. The zero-order valence-electron chi connectivity index (χ0n) is 29.7. The van der Waals surface area contributed by atoms with E-state index < -0.39 is 7.26 Å². The standard InChI is InChI=1S/C46H44NO2P.Os/c1-6-18-36-27-28-37(44-43(36)45(48)47(46(44)49)32-33(3)4)29-30-38(31-39-20-17-19-35(39)7-2)34(5)50(40-21-11-8-12-22-40,41-23-13-9-14-24-41)42-25-15-10-16-26-42;/h6-16,18,21-31,33H,17,19-20,32H2,1-4H3;/q+1;/b18-6+,30-29+,35-7?,38-34?,39-31?;. The minimum atomic E-state index is -2.48. The first-order valence-electron chi connectivity index (χ1n) is 17.7. The third-order valence-corrected chi connectivity index (χ3v) is 15.0. The van der Waals surface area contributed by atoms with E-state index in [1.807, 2.05) is 45.1 Å². The molecule has 0 N–H and O–H groups in total. The van der Waals surface area contributed by atoms with Crippen LogP contribution in [0.15, 0.2) is 149 Å². The Morgan fingerprint density at radius 1 is 0.745 bits per heavy atom. The van der Waals surface area contributed by atoms with E-state index >= 15 is 0 Å². The van der Waals surface area contributed by atoms with Gasteiger partial charge in [-0.2, -0.15) is 0 Å². The van der Waals surface area contributed by atoms with Gasteiger partial charge in [0.1, 0.15) is 0 Å². The van der Waals surface area contributed by atoms with Crippen molar-refractivity contribution in [2.75, 3.05) is 6.54 Å². The Labute approximate surface area is 313 Å². The Balaban J connectivity index is 1.68. The van der Waals surface area contributed by atoms with Gasteiger partial charge in [-0.3, -0.25) is 0 Å². The average Bonchev–Trinajstić information content (AvgIpc) is 3.71. The van der Waals surface area contributed by atoms with Crippen LogP contribution in [0, 0.1) is 10.3 Å². The number of fused-ring (bicyclic) bond motifs is 1. The van der Waals surface area contributed by atoms with Crippen LogP contribution in [0.1, 0.15) is 78.8 Å². The average molecular weight is 864 g/mol. The molecule has 2 amide bonds. The first kappa shape index (κ1) is 36.4. The number of carbonyl (C=O) groups is 2. The number of rotatable bonds is 10. The summed E-state index contributed by atoms with van der Waals surface area (Å²) >= 11 is 1.77. The number of carbonyl (C=O) groups excluding carboxylic acids is 2. The van der Waals surface area contributed by atoms with Crippen molar-refractivity contribution in [1.82, 2.24) is 4.90 Å². The van der Waals surface area contributed by atoms with Gasteiger partial charge in [-0.1, -0.05) is 0 Å². The van der Waals surface area contributed by atoms with Gasteiger partial charge in [-0.15, -0.1) is 0 Å². The van der Waals surface area contributed by atoms with Crippen LogP contribution in [-0.2, 0) is 17.9 Å². The molecule has 2 aliphatic rings. The van der Waals surface area contributed by atoms with Gasteiger partial charge in [0.05, 0.1) is 0 Å². The molecule has 1 aliphatic carbocycles. The van der Waals surface area contributed by atoms with Crippen molar-refractivity contribution in [3.05, 3.63) is 172 Å². The van der Waals surface area contributed by atoms with Gasteiger partial charge >= 0.3 is 315 Å². The second kappa shape index (κ2) is 16.3. The molecule has 0 bridgehead atoms. The van der Waals surface area contributed by atoms with Gasteiger partial charge in [0.2, 0.25) is 0 Å². The van der Waals surface area contributed by atoms with Crippen molar-refractivity contribution in [3.8, 4) is 4.37 Å². The molecule has 257 valence electrons. The monoisotopic (exact) mass is 865 g/mol. The van der Waals surface area contributed by atoms with E-state index in [1.165, 1.54) is 32.0 Å². The van der Waals surface area contributed by atoms with Gasteiger partial charge < -0.3 is 0 Å². The predicted molar refractivity (Wildman–Crippen MR) is 212 cm³/mol. The molecule has 1 heterocycles. The molecule has 0 spiro atoms. The van der Waals surface area contributed by atoms with Crippen LogP contribution in [0.5, 0.6) is 0 Å². The summed E-state index contributed by atoms with van der Waals surface area (Å²) in [6.07, 6.45) is 15.9. The van der Waals surface area contributed by atoms with E-state index in [1.54, 1.807) is 17.9 Å². The Bertz CT molecular complexity index is 2040. The first-order valence-corrected chi connectivity index (χ1v) is 20.8. The number of hydrogen-bond donors (Lipinski definition) is 0. The summed E-state index contributed by atoms with van der Waals surface area (Å²) in [5.41, 5.74) is 6.28. The molecule has 6 rings (SSSR count). The molecule has 0 unspecified atom stereocenters. The van der Waals surface area contributed by atoms with E-state index in [0.29, 0.717) is 17.7 Å². The topological polar surface area (TPSA) is 37.4 Å². The van der Waals surface area contributed by atoms with Crippen molar-refractivity contribution >= 4 is 47.1 Å². The summed E-state index contributed by atoms with van der Waals surface area (Å²) in [6.45, 7) is 8.51. The van der Waals surface area contributed by atoms with Gasteiger partial charge in [-0.05, 0) is 0 Å². The first-order chi connectivity index (χ1) is 24.8. The molecule has 0 radical (unpaired) electrons. The molecule has 1 saturated carbocycles. The number of imide groups is 1. The quantitative estimate of drug-likeness (QED) is 0.0906. The molecule has 3 nitrogen and oxygen atoms in total. The van der Waals surface area contributed by atoms with E-state index in [0.717, 1.165) is 41.3 Å². The van der Waals surface area contributed by atoms with E-state index in [9.17, 15) is 9.59 Å². The van der Waals surface area contributed by atoms with Crippen molar-refractivity contribution in [1.29, 1.82) is 0 Å². The Kier molecular flexibility index (Phi) is 11.6. The number of hydrogen-bond acceptors (Lipinski definition) is 2. The van der Waals surface area contributed by atoms with Crippen molar-refractivity contribution in [2.45, 2.75) is 47.0 Å². The molecule has 1 aliphatic heterocycles. The van der Waals surface area contributed by atoms with Crippen LogP contribution in [0.2, 0.25) is 0 Å². The second-order valence-corrected chi connectivity index (χ2v) is 17.3. The summed E-state index contributed by atoms with van der Waals surface area (Å²) in [5, 5.41) is 4.89. The SMILES string of the molecule is CC=C1CCCC1=CC(/C=C/c1ccc(/C=C/C)c2c1C(=O)N(CC(C)C)C2=O)=C([C]#[Os])[P+](c1ccccc1)(c1ccccc1)c1ccccc1. The summed E-state index contributed by atoms with van der Waals surface area (Å²) in [6, 6.07) is 36.6. The van der Waals surface area contributed by atoms with E-state index in [2.05, 4.69) is 127 Å². The fourth-order valence-electron chi connectivity index (χ4n) is 7.39. The molecule has 0 aromatic heterocycles. The van der Waals surface area contributed by atoms with E-state index in [4.69, 9.17) is 0 Å². The normalized spacial score (nSPS) is 16.9. The molecule has 1 fully saturated rings. The summed E-state index contributed by atoms with van der Waals surface area (Å²) in [5.74, 6) is -0.275. The third-order valence-electron chi connectivity index (χ3n) is 9.63. The molecular formula is C46H44NO2OsP+. The fourth-order valence-corrected chi connectivity index (χ4v) is 13.2. The minimum absolute atomic E-state index is 0.162. The number of amides is 2. The zero-order chi connectivity index (χ0) is 36.0. The maximum absolute atomic E-state index is 14.0. The molecule has 4 aromatic carbocycles. The Morgan fingerprint density at radius 3 is 1.69 bits per heavy atom. The Morgan fingerprint density at radius 2 is 1.24 bits per heavy atom. The van der Waals surface area contributed by atoms with Gasteiger partial charge in [0.25, 0.3) is 0 Å². The van der Waals surface area contributed by atoms with Crippen molar-refractivity contribution < 1.29 is 27.5 Å². The molecule has 5 heteroatoms. The summed E-state index contributed by atoms with van der Waals surface area (Å²) < 4.78 is 3.81. The van der Waals surface area contributed by atoms with Crippen LogP contribution < -0.4 is 15.9 Å². The fraction of sp³-hybridized carbons (Fsp3) is 0.196. The summed E-state index contributed by atoms with van der Waals surface area (Å²) in [4.78, 5) is 29.3. The molecular weight excluding hydrogens is 820 g/mol. The van der Waals surface area contributed by atoms with Crippen molar-refractivity contribution in [2.24, 2.45) is 5.92 Å². The maximum atomic E-state index is 14.0. The van der Waals surface area contributed by atoms with Gasteiger partial charge in [-0.25, -0.2) is 0 Å². The molecule has 0 atom stereocenters. The second-order valence-electron chi connectivity index (χ2n) is 13.3. The van der Waals surface area contributed by atoms with Gasteiger partial charge in [0.15, 0.2) is 0 Å². The zero-order valence-corrected chi connectivity index (χ0v) is 33.2. The predicted octanol–water partition coefficient (Wildman–Crippen LogP) is 9.80. The van der Waals surface area contributed by atoms with Crippen LogP contribution >= 0.6 is 7.26 Å². The summed E-state index contributed by atoms with van der Waals surface area (Å²) in [7, 11) is -2.48.